The summed E-state index contributed by atoms with van der Waals surface area (Å²) in [5, 5.41) is 3.71. The van der Waals surface area contributed by atoms with Crippen molar-refractivity contribution < 1.29 is 0 Å². The number of rotatable bonds is 2. The van der Waals surface area contributed by atoms with Crippen LogP contribution < -0.4 is 10.2 Å². The molecular weight excluding hydrogens is 256 g/mol. The molecule has 1 N–H and O–H groups in total. The number of fused-ring (bicyclic) bond motifs is 2. The van der Waals surface area contributed by atoms with Crippen LogP contribution in [0.1, 0.15) is 29.7 Å². The quantitative estimate of drug-likeness (QED) is 0.906. The van der Waals surface area contributed by atoms with Crippen LogP contribution in [0.3, 0.4) is 0 Å². The third-order valence-corrected chi connectivity index (χ3v) is 4.94. The van der Waals surface area contributed by atoms with Gasteiger partial charge in [0, 0.05) is 18.3 Å². The molecule has 0 bridgehead atoms. The Balaban J connectivity index is 1.63. The molecule has 108 valence electrons. The maximum atomic E-state index is 3.71. The molecule has 2 aromatic carbocycles. The minimum absolute atomic E-state index is 0.448. The number of nitrogens with one attached hydrogen (secondary N) is 1. The van der Waals surface area contributed by atoms with E-state index in [1.165, 1.54) is 28.8 Å². The summed E-state index contributed by atoms with van der Waals surface area (Å²) in [6, 6.07) is 18.8. The summed E-state index contributed by atoms with van der Waals surface area (Å²) in [6.07, 6.45) is 2.32. The number of anilines is 1. The Hall–Kier alpha value is -1.80. The van der Waals surface area contributed by atoms with Crippen LogP contribution in [0.4, 0.5) is 5.69 Å². The topological polar surface area (TPSA) is 15.3 Å². The molecule has 0 saturated carbocycles. The number of hydrogen-bond acceptors (Lipinski definition) is 2. The van der Waals surface area contributed by atoms with E-state index in [1.54, 1.807) is 0 Å². The molecule has 0 aromatic heterocycles. The third-order valence-electron chi connectivity index (χ3n) is 4.94. The summed E-state index contributed by atoms with van der Waals surface area (Å²) in [5.74, 6) is 0. The zero-order valence-electron chi connectivity index (χ0n) is 12.5. The van der Waals surface area contributed by atoms with Crippen LogP contribution in [0.5, 0.6) is 0 Å². The molecular formula is C19H22N2. The largest absolute Gasteiger partial charge is 0.366 e. The van der Waals surface area contributed by atoms with E-state index in [0.717, 1.165) is 19.5 Å². The van der Waals surface area contributed by atoms with Gasteiger partial charge in [-0.05, 0) is 49.1 Å². The van der Waals surface area contributed by atoms with Crippen LogP contribution in [-0.2, 0) is 12.8 Å². The molecule has 21 heavy (non-hydrogen) atoms. The molecule has 0 radical (unpaired) electrons. The number of hydrogen-bond donors (Lipinski definition) is 1. The van der Waals surface area contributed by atoms with Crippen molar-refractivity contribution in [3.8, 4) is 0 Å². The molecule has 2 unspecified atom stereocenters. The Kier molecular flexibility index (Phi) is 3.19. The molecule has 0 spiro atoms. The van der Waals surface area contributed by atoms with Crippen molar-refractivity contribution in [3.63, 3.8) is 0 Å². The highest BCUT2D eigenvalue weighted by Gasteiger charge is 2.29. The smallest absolute Gasteiger partial charge is 0.0501 e. The minimum atomic E-state index is 0.448. The van der Waals surface area contributed by atoms with Gasteiger partial charge in [-0.3, -0.25) is 0 Å². The average Bonchev–Trinajstić information content (AvgIpc) is 2.84. The van der Waals surface area contributed by atoms with Gasteiger partial charge in [-0.15, -0.1) is 0 Å². The predicted molar refractivity (Wildman–Crippen MR) is 87.8 cm³/mol. The highest BCUT2D eigenvalue weighted by molar-refractivity contribution is 5.59. The standard InChI is InChI=1S/C19H22N2/c1-14-12-16-7-3-5-9-19(16)21(14)13-18-17-8-4-2-6-15(17)10-11-20-18/h2-9,14,18,20H,10-13H2,1H3. The first-order valence-corrected chi connectivity index (χ1v) is 7.98. The van der Waals surface area contributed by atoms with E-state index in [-0.39, 0.29) is 0 Å². The van der Waals surface area contributed by atoms with Gasteiger partial charge in [0.25, 0.3) is 0 Å². The first kappa shape index (κ1) is 12.9. The lowest BCUT2D eigenvalue weighted by Crippen LogP contribution is -2.41. The van der Waals surface area contributed by atoms with Gasteiger partial charge in [-0.1, -0.05) is 42.5 Å². The van der Waals surface area contributed by atoms with Gasteiger partial charge >= 0.3 is 0 Å². The molecule has 2 aliphatic heterocycles. The van der Waals surface area contributed by atoms with Crippen LogP contribution in [0.25, 0.3) is 0 Å². The van der Waals surface area contributed by atoms with Crippen molar-refractivity contribution in [2.24, 2.45) is 0 Å². The summed E-state index contributed by atoms with van der Waals surface area (Å²) in [7, 11) is 0. The van der Waals surface area contributed by atoms with E-state index in [9.17, 15) is 0 Å². The van der Waals surface area contributed by atoms with Crippen molar-refractivity contribution in [1.29, 1.82) is 0 Å². The predicted octanol–water partition coefficient (Wildman–Crippen LogP) is 3.32. The number of nitrogens with zero attached hydrogens (tertiary/aromatic N) is 1. The zero-order chi connectivity index (χ0) is 14.2. The second-order valence-electron chi connectivity index (χ2n) is 6.29. The first-order valence-electron chi connectivity index (χ1n) is 7.98. The van der Waals surface area contributed by atoms with Gasteiger partial charge in [-0.2, -0.15) is 0 Å². The summed E-state index contributed by atoms with van der Waals surface area (Å²) in [4.78, 5) is 2.58. The molecule has 2 aliphatic rings. The fourth-order valence-electron chi connectivity index (χ4n) is 3.86. The zero-order valence-corrected chi connectivity index (χ0v) is 12.5. The van der Waals surface area contributed by atoms with E-state index in [4.69, 9.17) is 0 Å². The lowest BCUT2D eigenvalue weighted by Gasteiger charge is -2.34. The van der Waals surface area contributed by atoms with Crippen LogP contribution in [0.2, 0.25) is 0 Å². The van der Waals surface area contributed by atoms with Gasteiger partial charge in [-0.25, -0.2) is 0 Å². The molecule has 2 aromatic rings. The Morgan fingerprint density at radius 1 is 1.05 bits per heavy atom. The number of para-hydroxylation sites is 1. The molecule has 2 atom stereocenters. The monoisotopic (exact) mass is 278 g/mol. The molecule has 4 rings (SSSR count). The average molecular weight is 278 g/mol. The lowest BCUT2D eigenvalue weighted by atomic mass is 9.94. The fraction of sp³-hybridized carbons (Fsp3) is 0.368. The van der Waals surface area contributed by atoms with Crippen molar-refractivity contribution in [1.82, 2.24) is 5.32 Å². The Morgan fingerprint density at radius 2 is 1.81 bits per heavy atom. The molecule has 2 heteroatoms. The van der Waals surface area contributed by atoms with Gasteiger partial charge in [0.05, 0.1) is 6.04 Å². The lowest BCUT2D eigenvalue weighted by molar-refractivity contribution is 0.483. The maximum Gasteiger partial charge on any atom is 0.0501 e. The summed E-state index contributed by atoms with van der Waals surface area (Å²) < 4.78 is 0. The van der Waals surface area contributed by atoms with Crippen LogP contribution in [-0.4, -0.2) is 19.1 Å². The van der Waals surface area contributed by atoms with Crippen molar-refractivity contribution in [3.05, 3.63) is 65.2 Å². The van der Waals surface area contributed by atoms with Crippen LogP contribution in [0.15, 0.2) is 48.5 Å². The van der Waals surface area contributed by atoms with Gasteiger partial charge in [0.2, 0.25) is 0 Å². The summed E-state index contributed by atoms with van der Waals surface area (Å²) in [6.45, 7) is 4.50. The molecule has 0 amide bonds. The van der Waals surface area contributed by atoms with E-state index in [1.807, 2.05) is 0 Å². The molecule has 0 fully saturated rings. The first-order chi connectivity index (χ1) is 10.3. The summed E-state index contributed by atoms with van der Waals surface area (Å²) >= 11 is 0. The Labute approximate surface area is 126 Å². The highest BCUT2D eigenvalue weighted by atomic mass is 15.2. The van der Waals surface area contributed by atoms with Gasteiger partial charge < -0.3 is 10.2 Å². The third kappa shape index (κ3) is 2.24. The van der Waals surface area contributed by atoms with E-state index in [2.05, 4.69) is 65.7 Å². The van der Waals surface area contributed by atoms with Crippen molar-refractivity contribution in [2.45, 2.75) is 31.8 Å². The van der Waals surface area contributed by atoms with E-state index < -0.39 is 0 Å². The second kappa shape index (κ2) is 5.19. The Morgan fingerprint density at radius 3 is 2.71 bits per heavy atom. The number of benzene rings is 2. The molecule has 2 nitrogen and oxygen atoms in total. The van der Waals surface area contributed by atoms with Gasteiger partial charge in [0.1, 0.15) is 0 Å². The molecule has 2 heterocycles. The molecule has 0 aliphatic carbocycles. The minimum Gasteiger partial charge on any atom is -0.366 e. The Bertz CT molecular complexity index is 650. The summed E-state index contributed by atoms with van der Waals surface area (Å²) in [5.41, 5.74) is 5.92. The normalized spacial score (nSPS) is 23.8. The second-order valence-corrected chi connectivity index (χ2v) is 6.29. The van der Waals surface area contributed by atoms with Crippen molar-refractivity contribution in [2.75, 3.05) is 18.0 Å². The van der Waals surface area contributed by atoms with E-state index >= 15 is 0 Å². The van der Waals surface area contributed by atoms with E-state index in [0.29, 0.717) is 12.1 Å². The maximum absolute atomic E-state index is 3.71. The highest BCUT2D eigenvalue weighted by Crippen LogP contribution is 2.34. The van der Waals surface area contributed by atoms with Gasteiger partial charge in [0.15, 0.2) is 0 Å². The van der Waals surface area contributed by atoms with Crippen molar-refractivity contribution >= 4 is 5.69 Å². The molecule has 0 saturated heterocycles. The van der Waals surface area contributed by atoms with Crippen LogP contribution >= 0.6 is 0 Å². The van der Waals surface area contributed by atoms with Crippen LogP contribution in [0, 0.1) is 0 Å². The SMILES string of the molecule is CC1Cc2ccccc2N1CC1NCCc2ccccc21. The fourth-order valence-corrected chi connectivity index (χ4v) is 3.86.